The molecular formula is C17H24ClN3O. The highest BCUT2D eigenvalue weighted by molar-refractivity contribution is 6.33. The molecule has 0 heterocycles. The van der Waals surface area contributed by atoms with E-state index in [1.165, 1.54) is 12.8 Å². The lowest BCUT2D eigenvalue weighted by Crippen LogP contribution is -2.40. The summed E-state index contributed by atoms with van der Waals surface area (Å²) in [6.07, 6.45) is 4.56. The predicted octanol–water partition coefficient (Wildman–Crippen LogP) is 3.94. The first-order chi connectivity index (χ1) is 10.5. The molecule has 0 amide bonds. The Bertz CT molecular complexity index is 546. The zero-order valence-electron chi connectivity index (χ0n) is 13.4. The Morgan fingerprint density at radius 3 is 2.41 bits per heavy atom. The van der Waals surface area contributed by atoms with Crippen molar-refractivity contribution in [1.82, 2.24) is 5.32 Å². The third-order valence-electron chi connectivity index (χ3n) is 4.07. The van der Waals surface area contributed by atoms with E-state index in [2.05, 4.69) is 30.6 Å². The summed E-state index contributed by atoms with van der Waals surface area (Å²) in [5.41, 5.74) is 1.31. The Morgan fingerprint density at radius 1 is 1.23 bits per heavy atom. The number of anilines is 1. The third kappa shape index (κ3) is 4.28. The monoisotopic (exact) mass is 321 g/mol. The van der Waals surface area contributed by atoms with Gasteiger partial charge < -0.3 is 15.4 Å². The van der Waals surface area contributed by atoms with Crippen LogP contribution in [0.2, 0.25) is 5.02 Å². The maximum atomic E-state index is 9.07. The first kappa shape index (κ1) is 16.9. The molecule has 22 heavy (non-hydrogen) atoms. The number of hydrogen-bond donors (Lipinski definition) is 2. The summed E-state index contributed by atoms with van der Waals surface area (Å²) < 4.78 is 5.25. The Morgan fingerprint density at radius 2 is 1.86 bits per heavy atom. The fourth-order valence-electron chi connectivity index (χ4n) is 3.02. The van der Waals surface area contributed by atoms with Crippen molar-refractivity contribution in [2.75, 3.05) is 12.4 Å². The van der Waals surface area contributed by atoms with Gasteiger partial charge in [-0.3, -0.25) is 0 Å². The molecule has 1 aromatic carbocycles. The first-order valence-electron chi connectivity index (χ1n) is 7.83. The molecule has 4 nitrogen and oxygen atoms in total. The van der Waals surface area contributed by atoms with Gasteiger partial charge in [0.15, 0.2) is 0 Å². The van der Waals surface area contributed by atoms with E-state index in [1.807, 2.05) is 6.07 Å². The number of benzene rings is 1. The molecule has 0 saturated heterocycles. The minimum Gasteiger partial charge on any atom is -0.495 e. The van der Waals surface area contributed by atoms with Gasteiger partial charge in [0.2, 0.25) is 0 Å². The van der Waals surface area contributed by atoms with E-state index in [0.29, 0.717) is 34.5 Å². The molecule has 0 atom stereocenters. The molecule has 1 aromatic rings. The minimum atomic E-state index is 0.417. The molecule has 2 N–H and O–H groups in total. The first-order valence-corrected chi connectivity index (χ1v) is 8.21. The van der Waals surface area contributed by atoms with Gasteiger partial charge in [-0.05, 0) is 31.7 Å². The number of methoxy groups -OCH3 is 1. The Balaban J connectivity index is 1.99. The molecule has 0 unspecified atom stereocenters. The standard InChI is InChI=1S/C17H24ClN3O/c1-11(2)20-13-4-6-14(7-5-13)21-16-9-17(22-3)12(10-19)8-15(16)18/h8-9,11,13-14,20-21H,4-7H2,1-3H3. The Kier molecular flexibility index (Phi) is 5.93. The number of rotatable bonds is 5. The van der Waals surface area contributed by atoms with Crippen LogP contribution < -0.4 is 15.4 Å². The molecule has 1 fully saturated rings. The quantitative estimate of drug-likeness (QED) is 0.862. The number of nitrogens with zero attached hydrogens (tertiary/aromatic N) is 1. The summed E-state index contributed by atoms with van der Waals surface area (Å²) in [5, 5.41) is 16.7. The van der Waals surface area contributed by atoms with Gasteiger partial charge in [0.1, 0.15) is 11.8 Å². The topological polar surface area (TPSA) is 57.1 Å². The molecule has 5 heteroatoms. The van der Waals surface area contributed by atoms with Crippen molar-refractivity contribution in [3.63, 3.8) is 0 Å². The lowest BCUT2D eigenvalue weighted by atomic mass is 9.90. The van der Waals surface area contributed by atoms with Gasteiger partial charge in [-0.2, -0.15) is 5.26 Å². The molecule has 120 valence electrons. The molecule has 0 aliphatic heterocycles. The molecule has 2 rings (SSSR count). The van der Waals surface area contributed by atoms with E-state index in [4.69, 9.17) is 21.6 Å². The SMILES string of the molecule is COc1cc(NC2CCC(NC(C)C)CC2)c(Cl)cc1C#N. The van der Waals surface area contributed by atoms with Crippen LogP contribution in [0.5, 0.6) is 5.75 Å². The van der Waals surface area contributed by atoms with Gasteiger partial charge in [-0.25, -0.2) is 0 Å². The second kappa shape index (κ2) is 7.71. The molecular weight excluding hydrogens is 298 g/mol. The number of ether oxygens (including phenoxy) is 1. The van der Waals surface area contributed by atoms with Crippen molar-refractivity contribution in [3.8, 4) is 11.8 Å². The van der Waals surface area contributed by atoms with E-state index in [0.717, 1.165) is 18.5 Å². The van der Waals surface area contributed by atoms with E-state index >= 15 is 0 Å². The Hall–Kier alpha value is -1.44. The van der Waals surface area contributed by atoms with Crippen molar-refractivity contribution in [3.05, 3.63) is 22.7 Å². The number of nitriles is 1. The Labute approximate surface area is 137 Å². The van der Waals surface area contributed by atoms with Crippen LogP contribution in [0, 0.1) is 11.3 Å². The molecule has 0 aromatic heterocycles. The lowest BCUT2D eigenvalue weighted by Gasteiger charge is -2.31. The van der Waals surface area contributed by atoms with Crippen LogP contribution in [-0.4, -0.2) is 25.2 Å². The smallest absolute Gasteiger partial charge is 0.138 e. The fourth-order valence-corrected chi connectivity index (χ4v) is 3.23. The molecule has 0 bridgehead atoms. The second-order valence-corrected chi connectivity index (χ2v) is 6.57. The van der Waals surface area contributed by atoms with E-state index in [1.54, 1.807) is 13.2 Å². The van der Waals surface area contributed by atoms with Crippen molar-refractivity contribution in [2.45, 2.75) is 57.7 Å². The maximum absolute atomic E-state index is 9.07. The summed E-state index contributed by atoms with van der Waals surface area (Å²) in [5.74, 6) is 0.560. The largest absolute Gasteiger partial charge is 0.495 e. The van der Waals surface area contributed by atoms with Crippen molar-refractivity contribution in [1.29, 1.82) is 5.26 Å². The number of hydrogen-bond acceptors (Lipinski definition) is 4. The van der Waals surface area contributed by atoms with E-state index < -0.39 is 0 Å². The van der Waals surface area contributed by atoms with Crippen molar-refractivity contribution < 1.29 is 4.74 Å². The van der Waals surface area contributed by atoms with Crippen LogP contribution >= 0.6 is 11.6 Å². The molecule has 1 saturated carbocycles. The summed E-state index contributed by atoms with van der Waals surface area (Å²) >= 11 is 6.27. The zero-order valence-corrected chi connectivity index (χ0v) is 14.2. The predicted molar refractivity (Wildman–Crippen MR) is 90.7 cm³/mol. The van der Waals surface area contributed by atoms with Crippen LogP contribution in [0.3, 0.4) is 0 Å². The summed E-state index contributed by atoms with van der Waals surface area (Å²) in [6, 6.07) is 7.14. The third-order valence-corrected chi connectivity index (χ3v) is 4.38. The summed E-state index contributed by atoms with van der Waals surface area (Å²) in [6.45, 7) is 4.38. The van der Waals surface area contributed by atoms with Crippen LogP contribution in [0.15, 0.2) is 12.1 Å². The van der Waals surface area contributed by atoms with Gasteiger partial charge in [-0.15, -0.1) is 0 Å². The van der Waals surface area contributed by atoms with Crippen LogP contribution in [0.1, 0.15) is 45.1 Å². The molecule has 0 spiro atoms. The van der Waals surface area contributed by atoms with E-state index in [-0.39, 0.29) is 0 Å². The van der Waals surface area contributed by atoms with Crippen molar-refractivity contribution in [2.24, 2.45) is 0 Å². The van der Waals surface area contributed by atoms with Crippen LogP contribution in [-0.2, 0) is 0 Å². The molecule has 1 aliphatic carbocycles. The lowest BCUT2D eigenvalue weighted by molar-refractivity contribution is 0.335. The van der Waals surface area contributed by atoms with Crippen LogP contribution in [0.25, 0.3) is 0 Å². The summed E-state index contributed by atoms with van der Waals surface area (Å²) in [4.78, 5) is 0. The summed E-state index contributed by atoms with van der Waals surface area (Å²) in [7, 11) is 1.57. The highest BCUT2D eigenvalue weighted by Crippen LogP contribution is 2.32. The average molecular weight is 322 g/mol. The van der Waals surface area contributed by atoms with Crippen LogP contribution in [0.4, 0.5) is 5.69 Å². The maximum Gasteiger partial charge on any atom is 0.138 e. The minimum absolute atomic E-state index is 0.417. The van der Waals surface area contributed by atoms with Gasteiger partial charge in [0.05, 0.1) is 23.4 Å². The highest BCUT2D eigenvalue weighted by atomic mass is 35.5. The normalized spacial score (nSPS) is 21.5. The van der Waals surface area contributed by atoms with Gasteiger partial charge in [-0.1, -0.05) is 25.4 Å². The van der Waals surface area contributed by atoms with Gasteiger partial charge in [0.25, 0.3) is 0 Å². The highest BCUT2D eigenvalue weighted by Gasteiger charge is 2.22. The number of nitrogens with one attached hydrogen (secondary N) is 2. The molecule has 1 aliphatic rings. The average Bonchev–Trinajstić information content (AvgIpc) is 2.50. The van der Waals surface area contributed by atoms with E-state index in [9.17, 15) is 0 Å². The van der Waals surface area contributed by atoms with Gasteiger partial charge in [0, 0.05) is 24.2 Å². The zero-order chi connectivity index (χ0) is 16.1. The molecule has 0 radical (unpaired) electrons. The second-order valence-electron chi connectivity index (χ2n) is 6.16. The van der Waals surface area contributed by atoms with Crippen molar-refractivity contribution >= 4 is 17.3 Å². The fraction of sp³-hybridized carbons (Fsp3) is 0.588. The number of halogens is 1. The van der Waals surface area contributed by atoms with Gasteiger partial charge >= 0.3 is 0 Å².